The van der Waals surface area contributed by atoms with Gasteiger partial charge in [-0.05, 0) is 6.08 Å². The van der Waals surface area contributed by atoms with Gasteiger partial charge in [0.1, 0.15) is 7.11 Å². The summed E-state index contributed by atoms with van der Waals surface area (Å²) in [6, 6.07) is 0. The van der Waals surface area contributed by atoms with E-state index in [1.54, 1.807) is 6.08 Å². The Bertz CT molecular complexity index is 55.0. The Morgan fingerprint density at radius 1 is 1.67 bits per heavy atom. The number of hydrogen-bond donors (Lipinski definition) is 0. The van der Waals surface area contributed by atoms with Crippen LogP contribution in [0, 0.1) is 13.7 Å². The predicted octanol–water partition coefficient (Wildman–Crippen LogP) is 1.30. The molecular formula is C5H6O. The highest BCUT2D eigenvalue weighted by Gasteiger charge is 1.52. The van der Waals surface area contributed by atoms with Gasteiger partial charge in [0.2, 0.25) is 0 Å². The molecule has 0 spiro atoms. The lowest BCUT2D eigenvalue weighted by Crippen LogP contribution is -1.54. The highest BCUT2D eigenvalue weighted by Crippen LogP contribution is 1.70. The standard InChI is InChI=1S/C5H6O/c1-3-4-5-6-2/h1,3-5H,2H2. The largest absolute Gasteiger partial charge is 0.498 e. The van der Waals surface area contributed by atoms with Crippen molar-refractivity contribution in [1.29, 1.82) is 0 Å². The van der Waals surface area contributed by atoms with Crippen molar-refractivity contribution in [2.24, 2.45) is 0 Å². The molecule has 0 amide bonds. The molecule has 6 heavy (non-hydrogen) atoms. The molecule has 0 atom stereocenters. The van der Waals surface area contributed by atoms with E-state index in [2.05, 4.69) is 11.8 Å². The molecule has 0 rings (SSSR count). The summed E-state index contributed by atoms with van der Waals surface area (Å²) in [7, 11) is 3.06. The van der Waals surface area contributed by atoms with Crippen LogP contribution in [0.1, 0.15) is 0 Å². The van der Waals surface area contributed by atoms with E-state index in [9.17, 15) is 0 Å². The first-order valence-corrected chi connectivity index (χ1v) is 1.52. The molecule has 0 saturated heterocycles. The third-order valence-corrected chi connectivity index (χ3v) is 0.286. The lowest BCUT2D eigenvalue weighted by molar-refractivity contribution is 0.394. The predicted molar refractivity (Wildman–Crippen MR) is 24.5 cm³/mol. The average molecular weight is 82.1 g/mol. The number of allylic oxidation sites excluding steroid dienone is 2. The normalized spacial score (nSPS) is 8.83. The molecule has 0 aromatic rings. The Morgan fingerprint density at radius 2 is 2.33 bits per heavy atom. The molecule has 0 saturated carbocycles. The summed E-state index contributed by atoms with van der Waals surface area (Å²) in [6.45, 7) is 4.89. The molecule has 0 aliphatic heterocycles. The molecule has 0 heterocycles. The molecule has 1 heteroatoms. The molecule has 0 N–H and O–H groups in total. The number of ether oxygens (including phenoxy) is 1. The van der Waals surface area contributed by atoms with Gasteiger partial charge >= 0.3 is 0 Å². The van der Waals surface area contributed by atoms with Crippen LogP contribution in [0.3, 0.4) is 0 Å². The maximum atomic E-state index is 4.89. The van der Waals surface area contributed by atoms with Crippen molar-refractivity contribution in [2.45, 2.75) is 0 Å². The van der Waals surface area contributed by atoms with E-state index >= 15 is 0 Å². The summed E-state index contributed by atoms with van der Waals surface area (Å²) in [5.74, 6) is 0. The molecular weight excluding hydrogens is 76.1 g/mol. The Balaban J connectivity index is 2.94. The van der Waals surface area contributed by atoms with Gasteiger partial charge < -0.3 is 4.74 Å². The molecule has 0 aromatic carbocycles. The first-order chi connectivity index (χ1) is 2.91. The fourth-order valence-corrected chi connectivity index (χ4v) is 0.101. The summed E-state index contributed by atoms with van der Waals surface area (Å²) in [5, 5.41) is 0. The van der Waals surface area contributed by atoms with Gasteiger partial charge in [-0.1, -0.05) is 12.7 Å². The molecule has 0 fully saturated rings. The van der Waals surface area contributed by atoms with Crippen molar-refractivity contribution < 1.29 is 4.74 Å². The summed E-state index contributed by atoms with van der Waals surface area (Å²) in [5.41, 5.74) is 0. The van der Waals surface area contributed by atoms with Gasteiger partial charge in [0, 0.05) is 0 Å². The van der Waals surface area contributed by atoms with Gasteiger partial charge in [-0.3, -0.25) is 0 Å². The zero-order valence-corrected chi connectivity index (χ0v) is 3.42. The first kappa shape index (κ1) is 5.28. The van der Waals surface area contributed by atoms with Crippen LogP contribution in [0.25, 0.3) is 0 Å². The first-order valence-electron chi connectivity index (χ1n) is 1.52. The fourth-order valence-electron chi connectivity index (χ4n) is 0.101. The SMILES string of the molecule is [CH]=CC=CO[CH2]. The summed E-state index contributed by atoms with van der Waals surface area (Å²) in [6.07, 6.45) is 4.30. The molecule has 0 aliphatic rings. The van der Waals surface area contributed by atoms with Gasteiger partial charge in [0.15, 0.2) is 0 Å². The zero-order chi connectivity index (χ0) is 4.83. The molecule has 0 bridgehead atoms. The minimum Gasteiger partial charge on any atom is -0.498 e. The minimum absolute atomic E-state index is 1.37. The lowest BCUT2D eigenvalue weighted by Gasteiger charge is -1.76. The smallest absolute Gasteiger partial charge is 0.121 e. The van der Waals surface area contributed by atoms with Gasteiger partial charge in [0.25, 0.3) is 0 Å². The van der Waals surface area contributed by atoms with Gasteiger partial charge in [-0.15, -0.1) is 0 Å². The number of rotatable bonds is 2. The van der Waals surface area contributed by atoms with Crippen molar-refractivity contribution in [3.63, 3.8) is 0 Å². The second kappa shape index (κ2) is 4.28. The average Bonchev–Trinajstić information content (AvgIpc) is 1.61. The molecule has 1 nitrogen and oxygen atoms in total. The van der Waals surface area contributed by atoms with E-state index in [1.807, 2.05) is 0 Å². The van der Waals surface area contributed by atoms with Gasteiger partial charge in [-0.25, -0.2) is 0 Å². The van der Waals surface area contributed by atoms with Crippen LogP contribution in [0.2, 0.25) is 0 Å². The summed E-state index contributed by atoms with van der Waals surface area (Å²) in [4.78, 5) is 0. The lowest BCUT2D eigenvalue weighted by atomic mass is 10.6. The molecule has 32 valence electrons. The van der Waals surface area contributed by atoms with E-state index in [-0.39, 0.29) is 0 Å². The van der Waals surface area contributed by atoms with E-state index in [1.165, 1.54) is 12.3 Å². The van der Waals surface area contributed by atoms with Crippen LogP contribution in [0.4, 0.5) is 0 Å². The Hall–Kier alpha value is -0.720. The highest BCUT2D eigenvalue weighted by atomic mass is 16.5. The third-order valence-electron chi connectivity index (χ3n) is 0.286. The van der Waals surface area contributed by atoms with Crippen LogP contribution in [-0.2, 0) is 4.74 Å². The van der Waals surface area contributed by atoms with Crippen molar-refractivity contribution in [2.75, 3.05) is 0 Å². The summed E-state index contributed by atoms with van der Waals surface area (Å²) < 4.78 is 4.24. The maximum absolute atomic E-state index is 4.89. The van der Waals surface area contributed by atoms with E-state index in [0.29, 0.717) is 0 Å². The van der Waals surface area contributed by atoms with Gasteiger partial charge in [-0.2, -0.15) is 0 Å². The van der Waals surface area contributed by atoms with E-state index < -0.39 is 0 Å². The Kier molecular flexibility index (Phi) is 3.77. The van der Waals surface area contributed by atoms with Gasteiger partial charge in [0.05, 0.1) is 6.26 Å². The van der Waals surface area contributed by atoms with Crippen LogP contribution in [0.15, 0.2) is 18.4 Å². The monoisotopic (exact) mass is 82.0 g/mol. The zero-order valence-electron chi connectivity index (χ0n) is 3.42. The van der Waals surface area contributed by atoms with Crippen molar-refractivity contribution in [3.8, 4) is 0 Å². The minimum atomic E-state index is 1.37. The quantitative estimate of drug-likeness (QED) is 0.360. The van der Waals surface area contributed by atoms with E-state index in [4.69, 9.17) is 6.58 Å². The third kappa shape index (κ3) is 3.28. The van der Waals surface area contributed by atoms with Crippen molar-refractivity contribution >= 4 is 0 Å². The molecule has 0 aromatic heterocycles. The second-order valence-electron chi connectivity index (χ2n) is 0.688. The van der Waals surface area contributed by atoms with Crippen LogP contribution < -0.4 is 0 Å². The van der Waals surface area contributed by atoms with Crippen LogP contribution in [0.5, 0.6) is 0 Å². The maximum Gasteiger partial charge on any atom is 0.121 e. The summed E-state index contributed by atoms with van der Waals surface area (Å²) >= 11 is 0. The number of hydrogen-bond acceptors (Lipinski definition) is 1. The second-order valence-corrected chi connectivity index (χ2v) is 0.688. The van der Waals surface area contributed by atoms with Crippen LogP contribution >= 0.6 is 0 Å². The van der Waals surface area contributed by atoms with Crippen LogP contribution in [-0.4, -0.2) is 0 Å². The van der Waals surface area contributed by atoms with Crippen molar-refractivity contribution in [1.82, 2.24) is 0 Å². The van der Waals surface area contributed by atoms with Crippen molar-refractivity contribution in [3.05, 3.63) is 32.1 Å². The topological polar surface area (TPSA) is 9.23 Å². The van der Waals surface area contributed by atoms with E-state index in [0.717, 1.165) is 0 Å². The highest BCUT2D eigenvalue weighted by molar-refractivity contribution is 4.90. The molecule has 0 unspecified atom stereocenters. The Labute approximate surface area is 37.9 Å². The molecule has 2 radical (unpaired) electrons. The fraction of sp³-hybridized carbons (Fsp3) is 0. The Morgan fingerprint density at radius 3 is 2.50 bits per heavy atom. The molecule has 0 aliphatic carbocycles.